The molecule has 1 fully saturated rings. The molecular formula is C18H26N2O3. The van der Waals surface area contributed by atoms with Gasteiger partial charge in [-0.3, -0.25) is 4.79 Å². The quantitative estimate of drug-likeness (QED) is 0.883. The molecule has 5 nitrogen and oxygen atoms in total. The fourth-order valence-corrected chi connectivity index (χ4v) is 3.67. The largest absolute Gasteiger partial charge is 0.496 e. The van der Waals surface area contributed by atoms with E-state index in [2.05, 4.69) is 11.0 Å². The fraction of sp³-hybridized carbons (Fsp3) is 0.611. The summed E-state index contributed by atoms with van der Waals surface area (Å²) in [5.74, 6) is 1.14. The monoisotopic (exact) mass is 318 g/mol. The van der Waals surface area contributed by atoms with Gasteiger partial charge >= 0.3 is 0 Å². The number of amides is 1. The number of methoxy groups -OCH3 is 1. The first kappa shape index (κ1) is 16.3. The first-order chi connectivity index (χ1) is 11.2. The van der Waals surface area contributed by atoms with Crippen molar-refractivity contribution < 1.29 is 14.6 Å². The lowest BCUT2D eigenvalue weighted by molar-refractivity contribution is -0.129. The van der Waals surface area contributed by atoms with E-state index < -0.39 is 6.10 Å². The molecule has 2 aliphatic heterocycles. The van der Waals surface area contributed by atoms with Gasteiger partial charge in [-0.2, -0.15) is 0 Å². The molecule has 0 aromatic heterocycles. The van der Waals surface area contributed by atoms with Crippen molar-refractivity contribution in [1.29, 1.82) is 0 Å². The molecule has 2 heterocycles. The van der Waals surface area contributed by atoms with E-state index in [1.54, 1.807) is 12.0 Å². The standard InChI is InChI=1S/C18H26N2O3/c1-23-17-5-2-4-14-7-10-19(11-8-16(14)17)12-15(21)13-20-9-3-6-18(20)22/h2,4-5,15,21H,3,6-13H2,1H3. The zero-order chi connectivity index (χ0) is 16.2. The van der Waals surface area contributed by atoms with Gasteiger partial charge in [-0.05, 0) is 36.5 Å². The van der Waals surface area contributed by atoms with Crippen molar-refractivity contribution in [3.8, 4) is 5.75 Å². The molecular weight excluding hydrogens is 292 g/mol. The van der Waals surface area contributed by atoms with Crippen LogP contribution in [0.2, 0.25) is 0 Å². The Balaban J connectivity index is 1.56. The molecule has 1 unspecified atom stereocenters. The van der Waals surface area contributed by atoms with Gasteiger partial charge in [0.05, 0.1) is 13.2 Å². The Kier molecular flexibility index (Phi) is 5.18. The van der Waals surface area contributed by atoms with Crippen LogP contribution < -0.4 is 4.74 Å². The number of β-amino-alcohol motifs (C(OH)–C–C–N with tert-alkyl or cyclic N) is 1. The van der Waals surface area contributed by atoms with Gasteiger partial charge < -0.3 is 19.6 Å². The van der Waals surface area contributed by atoms with Crippen molar-refractivity contribution in [1.82, 2.24) is 9.80 Å². The third-order valence-electron chi connectivity index (χ3n) is 4.90. The highest BCUT2D eigenvalue weighted by Crippen LogP contribution is 2.25. The molecule has 2 aliphatic rings. The minimum Gasteiger partial charge on any atom is -0.496 e. The lowest BCUT2D eigenvalue weighted by Crippen LogP contribution is -2.41. The third kappa shape index (κ3) is 3.85. The minimum atomic E-state index is -0.472. The van der Waals surface area contributed by atoms with Crippen molar-refractivity contribution in [3.05, 3.63) is 29.3 Å². The Hall–Kier alpha value is -1.59. The molecule has 23 heavy (non-hydrogen) atoms. The summed E-state index contributed by atoms with van der Waals surface area (Å²) >= 11 is 0. The van der Waals surface area contributed by atoms with Crippen molar-refractivity contribution in [2.24, 2.45) is 0 Å². The van der Waals surface area contributed by atoms with E-state index in [0.717, 1.165) is 44.6 Å². The minimum absolute atomic E-state index is 0.178. The van der Waals surface area contributed by atoms with Crippen LogP contribution in [0.5, 0.6) is 5.75 Å². The molecule has 5 heteroatoms. The highest BCUT2D eigenvalue weighted by atomic mass is 16.5. The SMILES string of the molecule is COc1cccc2c1CCN(CC(O)CN1CCCC1=O)CC2. The molecule has 3 rings (SSSR count). The van der Waals surface area contributed by atoms with E-state index in [0.29, 0.717) is 19.5 Å². The molecule has 1 aromatic rings. The number of hydrogen-bond donors (Lipinski definition) is 1. The van der Waals surface area contributed by atoms with Gasteiger partial charge in [0, 0.05) is 39.1 Å². The van der Waals surface area contributed by atoms with Gasteiger partial charge in [0.15, 0.2) is 0 Å². The van der Waals surface area contributed by atoms with Crippen LogP contribution in [0.3, 0.4) is 0 Å². The number of ether oxygens (including phenoxy) is 1. The second kappa shape index (κ2) is 7.32. The summed E-state index contributed by atoms with van der Waals surface area (Å²) in [6.07, 6.45) is 2.99. The molecule has 1 saturated heterocycles. The maximum absolute atomic E-state index is 11.7. The second-order valence-corrected chi connectivity index (χ2v) is 6.50. The van der Waals surface area contributed by atoms with Gasteiger partial charge in [-0.1, -0.05) is 12.1 Å². The number of carbonyl (C=O) groups excluding carboxylic acids is 1. The summed E-state index contributed by atoms with van der Waals surface area (Å²) in [5.41, 5.74) is 2.64. The Labute approximate surface area is 137 Å². The number of aliphatic hydroxyl groups is 1. The van der Waals surface area contributed by atoms with E-state index in [9.17, 15) is 9.90 Å². The lowest BCUT2D eigenvalue weighted by atomic mass is 10.0. The van der Waals surface area contributed by atoms with Crippen molar-refractivity contribution in [2.75, 3.05) is 39.8 Å². The molecule has 1 aromatic carbocycles. The van der Waals surface area contributed by atoms with Crippen molar-refractivity contribution in [2.45, 2.75) is 31.8 Å². The molecule has 0 saturated carbocycles. The first-order valence-corrected chi connectivity index (χ1v) is 8.50. The summed E-state index contributed by atoms with van der Waals surface area (Å²) in [5, 5.41) is 10.3. The van der Waals surface area contributed by atoms with Crippen molar-refractivity contribution >= 4 is 5.91 Å². The molecule has 1 atom stereocenters. The number of benzene rings is 1. The summed E-state index contributed by atoms with van der Waals surface area (Å²) in [6, 6.07) is 6.23. The number of hydrogen-bond acceptors (Lipinski definition) is 4. The molecule has 126 valence electrons. The summed E-state index contributed by atoms with van der Waals surface area (Å²) in [4.78, 5) is 15.8. The number of fused-ring (bicyclic) bond motifs is 1. The van der Waals surface area contributed by atoms with Gasteiger partial charge in [0.25, 0.3) is 0 Å². The van der Waals surface area contributed by atoms with Gasteiger partial charge in [-0.15, -0.1) is 0 Å². The molecule has 0 radical (unpaired) electrons. The highest BCUT2D eigenvalue weighted by Gasteiger charge is 2.24. The first-order valence-electron chi connectivity index (χ1n) is 8.50. The average Bonchev–Trinajstić information content (AvgIpc) is 2.83. The van der Waals surface area contributed by atoms with Crippen LogP contribution in [0.25, 0.3) is 0 Å². The molecule has 0 bridgehead atoms. The number of aliphatic hydroxyl groups excluding tert-OH is 1. The zero-order valence-electron chi connectivity index (χ0n) is 13.8. The topological polar surface area (TPSA) is 53.0 Å². The number of nitrogens with zero attached hydrogens (tertiary/aromatic N) is 2. The van der Waals surface area contributed by atoms with Gasteiger partial charge in [-0.25, -0.2) is 0 Å². The van der Waals surface area contributed by atoms with Crippen LogP contribution in [-0.2, 0) is 17.6 Å². The van der Waals surface area contributed by atoms with Crippen LogP contribution in [0.15, 0.2) is 18.2 Å². The van der Waals surface area contributed by atoms with Crippen LogP contribution in [0.1, 0.15) is 24.0 Å². The van der Waals surface area contributed by atoms with E-state index in [4.69, 9.17) is 4.74 Å². The molecule has 1 amide bonds. The van der Waals surface area contributed by atoms with Crippen LogP contribution >= 0.6 is 0 Å². The maximum atomic E-state index is 11.7. The number of rotatable bonds is 5. The maximum Gasteiger partial charge on any atom is 0.222 e. The number of carbonyl (C=O) groups is 1. The predicted molar refractivity (Wildman–Crippen MR) is 88.7 cm³/mol. The smallest absolute Gasteiger partial charge is 0.222 e. The Morgan fingerprint density at radius 1 is 1.17 bits per heavy atom. The summed E-state index contributed by atoms with van der Waals surface area (Å²) in [7, 11) is 1.72. The van der Waals surface area contributed by atoms with Crippen molar-refractivity contribution in [3.63, 3.8) is 0 Å². The molecule has 0 spiro atoms. The molecule has 1 N–H and O–H groups in total. The van der Waals surface area contributed by atoms with Gasteiger partial charge in [0.2, 0.25) is 5.91 Å². The molecule has 0 aliphatic carbocycles. The summed E-state index contributed by atoms with van der Waals surface area (Å²) in [6.45, 7) is 3.73. The zero-order valence-corrected chi connectivity index (χ0v) is 13.8. The average molecular weight is 318 g/mol. The Morgan fingerprint density at radius 3 is 2.74 bits per heavy atom. The van der Waals surface area contributed by atoms with Crippen LogP contribution in [-0.4, -0.2) is 66.8 Å². The third-order valence-corrected chi connectivity index (χ3v) is 4.90. The normalized spacial score (nSPS) is 20.3. The highest BCUT2D eigenvalue weighted by molar-refractivity contribution is 5.78. The van der Waals surface area contributed by atoms with Crippen LogP contribution in [0, 0.1) is 0 Å². The van der Waals surface area contributed by atoms with Gasteiger partial charge in [0.1, 0.15) is 5.75 Å². The Morgan fingerprint density at radius 2 is 2.00 bits per heavy atom. The lowest BCUT2D eigenvalue weighted by Gasteiger charge is -2.26. The van der Waals surface area contributed by atoms with Crippen LogP contribution in [0.4, 0.5) is 0 Å². The summed E-state index contributed by atoms with van der Waals surface area (Å²) < 4.78 is 5.47. The van der Waals surface area contributed by atoms with E-state index in [-0.39, 0.29) is 5.91 Å². The predicted octanol–water partition coefficient (Wildman–Crippen LogP) is 1.08. The van der Waals surface area contributed by atoms with E-state index in [1.165, 1.54) is 11.1 Å². The van der Waals surface area contributed by atoms with E-state index in [1.807, 2.05) is 12.1 Å². The second-order valence-electron chi connectivity index (χ2n) is 6.50. The Bertz CT molecular complexity index is 561. The van der Waals surface area contributed by atoms with E-state index >= 15 is 0 Å². The fourth-order valence-electron chi connectivity index (χ4n) is 3.67. The number of likely N-dealkylation sites (tertiary alicyclic amines) is 1.